The van der Waals surface area contributed by atoms with Crippen molar-refractivity contribution in [2.45, 2.75) is 51.9 Å². The van der Waals surface area contributed by atoms with Gasteiger partial charge in [-0.15, -0.1) is 0 Å². The molecule has 1 atom stereocenters. The Morgan fingerprint density at radius 3 is 1.94 bits per heavy atom. The normalized spacial score (nSPS) is 16.1. The van der Waals surface area contributed by atoms with E-state index in [0.717, 1.165) is 0 Å². The van der Waals surface area contributed by atoms with Gasteiger partial charge in [-0.1, -0.05) is 6.92 Å². The summed E-state index contributed by atoms with van der Waals surface area (Å²) in [6, 6.07) is 0.134. The quantitative estimate of drug-likeness (QED) is 0.784. The number of nitrogens with zero attached hydrogens (tertiary/aromatic N) is 1. The smallest absolute Gasteiger partial charge is 0.388 e. The van der Waals surface area contributed by atoms with Gasteiger partial charge in [0.05, 0.1) is 12.0 Å². The summed E-state index contributed by atoms with van der Waals surface area (Å²) < 4.78 is 36.4. The molecule has 0 aliphatic carbocycles. The molecule has 0 radical (unpaired) electrons. The summed E-state index contributed by atoms with van der Waals surface area (Å²) in [5.74, 6) is 0. The maximum atomic E-state index is 12.1. The molecule has 0 spiro atoms. The van der Waals surface area contributed by atoms with Crippen LogP contribution in [0.15, 0.2) is 0 Å². The van der Waals surface area contributed by atoms with Crippen molar-refractivity contribution in [2.75, 3.05) is 13.1 Å². The van der Waals surface area contributed by atoms with Crippen molar-refractivity contribution in [1.29, 1.82) is 0 Å². The van der Waals surface area contributed by atoms with Crippen LogP contribution in [0, 0.1) is 0 Å². The molecule has 0 bridgehead atoms. The average Bonchev–Trinajstić information content (AvgIpc) is 1.94. The Bertz CT molecular complexity index is 195. The van der Waals surface area contributed by atoms with Crippen molar-refractivity contribution in [2.24, 2.45) is 0 Å². The van der Waals surface area contributed by atoms with Gasteiger partial charge < -0.3 is 5.11 Å². The van der Waals surface area contributed by atoms with Gasteiger partial charge in [0, 0.05) is 29.1 Å². The molecule has 1 N–H and O–H groups in total. The maximum Gasteiger partial charge on any atom is 0.391 e. The topological polar surface area (TPSA) is 23.5 Å². The summed E-state index contributed by atoms with van der Waals surface area (Å²) in [7, 11) is 0. The molecule has 102 valence electrons. The first-order valence-corrected chi connectivity index (χ1v) is 5.10. The van der Waals surface area contributed by atoms with Crippen LogP contribution in [0.25, 0.3) is 0 Å². The fourth-order valence-electron chi connectivity index (χ4n) is 1.58. The second-order valence-corrected chi connectivity index (χ2v) is 4.45. The second-order valence-electron chi connectivity index (χ2n) is 4.45. The Balaban J connectivity index is 0. The maximum absolute atomic E-state index is 12.1. The molecule has 0 saturated carbocycles. The SMILES string of the molecule is CCN(CC(C)(O)CC(F)(F)F)C(C)C.[Ni]. The van der Waals surface area contributed by atoms with Gasteiger partial charge in [0.15, 0.2) is 0 Å². The van der Waals surface area contributed by atoms with E-state index >= 15 is 0 Å². The number of hydrogen-bond donors (Lipinski definition) is 1. The summed E-state index contributed by atoms with van der Waals surface area (Å²) in [6.07, 6.45) is -5.48. The van der Waals surface area contributed by atoms with E-state index in [1.54, 1.807) is 0 Å². The van der Waals surface area contributed by atoms with Crippen LogP contribution in [-0.2, 0) is 16.5 Å². The van der Waals surface area contributed by atoms with Crippen molar-refractivity contribution in [3.8, 4) is 0 Å². The van der Waals surface area contributed by atoms with Crippen LogP contribution >= 0.6 is 0 Å². The van der Waals surface area contributed by atoms with E-state index in [-0.39, 0.29) is 29.1 Å². The van der Waals surface area contributed by atoms with Gasteiger partial charge in [0.1, 0.15) is 0 Å². The predicted octanol–water partition coefficient (Wildman–Crippen LogP) is 2.42. The molecule has 0 saturated heterocycles. The van der Waals surface area contributed by atoms with Gasteiger partial charge in [-0.25, -0.2) is 0 Å². The molecule has 1 unspecified atom stereocenters. The van der Waals surface area contributed by atoms with Crippen molar-refractivity contribution in [3.05, 3.63) is 0 Å². The van der Waals surface area contributed by atoms with E-state index in [1.807, 2.05) is 25.7 Å². The second kappa shape index (κ2) is 6.82. The molecule has 0 aliphatic rings. The minimum atomic E-state index is -4.32. The van der Waals surface area contributed by atoms with Gasteiger partial charge in [0.2, 0.25) is 0 Å². The molecule has 0 aromatic carbocycles. The zero-order valence-corrected chi connectivity index (χ0v) is 11.0. The summed E-state index contributed by atoms with van der Waals surface area (Å²) >= 11 is 0. The molecule has 0 aromatic rings. The third-order valence-electron chi connectivity index (χ3n) is 2.26. The standard InChI is InChI=1S/C10H20F3NO.Ni/c1-5-14(8(2)3)7-9(4,15)6-10(11,12)13;/h8,15H,5-7H2,1-4H3;. The van der Waals surface area contributed by atoms with Crippen LogP contribution in [0.5, 0.6) is 0 Å². The van der Waals surface area contributed by atoms with Crippen LogP contribution in [-0.4, -0.2) is 40.9 Å². The Labute approximate surface area is 105 Å². The summed E-state index contributed by atoms with van der Waals surface area (Å²) in [6.45, 7) is 7.56. The molecule has 16 heavy (non-hydrogen) atoms. The number of hydrogen-bond acceptors (Lipinski definition) is 2. The number of aliphatic hydroxyl groups is 1. The van der Waals surface area contributed by atoms with Crippen molar-refractivity contribution in [3.63, 3.8) is 0 Å². The van der Waals surface area contributed by atoms with Crippen molar-refractivity contribution < 1.29 is 34.8 Å². The fraction of sp³-hybridized carbons (Fsp3) is 1.00. The Morgan fingerprint density at radius 1 is 1.25 bits per heavy atom. The third-order valence-corrected chi connectivity index (χ3v) is 2.26. The first-order valence-electron chi connectivity index (χ1n) is 5.10. The minimum absolute atomic E-state index is 0. The number of rotatable bonds is 5. The zero-order valence-electron chi connectivity index (χ0n) is 10.0. The molecule has 0 aliphatic heterocycles. The van der Waals surface area contributed by atoms with E-state index in [0.29, 0.717) is 6.54 Å². The Morgan fingerprint density at radius 2 is 1.69 bits per heavy atom. The molecule has 0 fully saturated rings. The van der Waals surface area contributed by atoms with Crippen molar-refractivity contribution in [1.82, 2.24) is 4.90 Å². The fourth-order valence-corrected chi connectivity index (χ4v) is 1.58. The third kappa shape index (κ3) is 8.37. The molecule has 0 aromatic heterocycles. The van der Waals surface area contributed by atoms with Crippen LogP contribution in [0.4, 0.5) is 13.2 Å². The van der Waals surface area contributed by atoms with E-state index in [4.69, 9.17) is 0 Å². The minimum Gasteiger partial charge on any atom is -0.388 e. The van der Waals surface area contributed by atoms with E-state index in [2.05, 4.69) is 0 Å². The van der Waals surface area contributed by atoms with Gasteiger partial charge in [0.25, 0.3) is 0 Å². The molecule has 2 nitrogen and oxygen atoms in total. The summed E-state index contributed by atoms with van der Waals surface area (Å²) in [5.41, 5.74) is -1.71. The molecule has 6 heteroatoms. The number of halogens is 3. The molecule has 0 amide bonds. The zero-order chi connectivity index (χ0) is 12.3. The largest absolute Gasteiger partial charge is 0.391 e. The first-order chi connectivity index (χ1) is 6.57. The van der Waals surface area contributed by atoms with E-state index in [1.165, 1.54) is 6.92 Å². The molecule has 0 rings (SSSR count). The first kappa shape index (κ1) is 18.6. The summed E-state index contributed by atoms with van der Waals surface area (Å²) in [5, 5.41) is 9.64. The molecular weight excluding hydrogens is 266 g/mol. The van der Waals surface area contributed by atoms with E-state index in [9.17, 15) is 18.3 Å². The van der Waals surface area contributed by atoms with E-state index < -0.39 is 18.2 Å². The Kier molecular flexibility index (Phi) is 7.92. The molecular formula is C10H20F3NNiO. The van der Waals surface area contributed by atoms with Crippen LogP contribution < -0.4 is 0 Å². The van der Waals surface area contributed by atoms with Crippen LogP contribution in [0.1, 0.15) is 34.1 Å². The average molecular weight is 286 g/mol. The van der Waals surface area contributed by atoms with Gasteiger partial charge >= 0.3 is 6.18 Å². The Hall–Kier alpha value is 0.204. The van der Waals surface area contributed by atoms with Gasteiger partial charge in [-0.3, -0.25) is 4.90 Å². The van der Waals surface area contributed by atoms with Gasteiger partial charge in [-0.05, 0) is 27.3 Å². The van der Waals surface area contributed by atoms with Gasteiger partial charge in [-0.2, -0.15) is 13.2 Å². The molecule has 0 heterocycles. The van der Waals surface area contributed by atoms with Crippen LogP contribution in [0.2, 0.25) is 0 Å². The number of alkyl halides is 3. The number of likely N-dealkylation sites (N-methyl/N-ethyl adjacent to an activating group) is 1. The summed E-state index contributed by atoms with van der Waals surface area (Å²) in [4.78, 5) is 1.81. The van der Waals surface area contributed by atoms with Crippen LogP contribution in [0.3, 0.4) is 0 Å². The monoisotopic (exact) mass is 285 g/mol. The van der Waals surface area contributed by atoms with Crippen molar-refractivity contribution >= 4 is 0 Å². The predicted molar refractivity (Wildman–Crippen MR) is 53.7 cm³/mol.